The molecule has 0 aliphatic carbocycles. The maximum atomic E-state index is 5.77. The molecule has 4 heteroatoms. The van der Waals surface area contributed by atoms with Gasteiger partial charge >= 0.3 is 0 Å². The molecule has 1 saturated heterocycles. The molecular weight excluding hydrogens is 218 g/mol. The van der Waals surface area contributed by atoms with Crippen LogP contribution >= 0.6 is 23.4 Å². The number of hydrogen-bond donors (Lipinski definition) is 0. The summed E-state index contributed by atoms with van der Waals surface area (Å²) in [5.41, 5.74) is 0. The maximum absolute atomic E-state index is 5.77. The van der Waals surface area contributed by atoms with E-state index in [0.717, 1.165) is 19.7 Å². The number of thioether (sulfide) groups is 1. The minimum atomic E-state index is 0.254. The number of hydrogen-bond acceptors (Lipinski definition) is 3. The highest BCUT2D eigenvalue weighted by molar-refractivity contribution is 7.99. The average molecular weight is 238 g/mol. The van der Waals surface area contributed by atoms with E-state index in [1.807, 2.05) is 11.8 Å². The van der Waals surface area contributed by atoms with Gasteiger partial charge in [0.1, 0.15) is 0 Å². The summed E-state index contributed by atoms with van der Waals surface area (Å²) in [7, 11) is 0. The first kappa shape index (κ1) is 12.6. The molecule has 0 aromatic heterocycles. The van der Waals surface area contributed by atoms with Crippen molar-refractivity contribution in [3.8, 4) is 0 Å². The molecule has 1 aliphatic rings. The highest BCUT2D eigenvalue weighted by Gasteiger charge is 2.18. The molecule has 0 N–H and O–H groups in total. The summed E-state index contributed by atoms with van der Waals surface area (Å²) in [6.45, 7) is 6.34. The van der Waals surface area contributed by atoms with Crippen LogP contribution < -0.4 is 0 Å². The molecule has 0 aromatic carbocycles. The maximum Gasteiger partial charge on any atom is 0.0837 e. The topological polar surface area (TPSA) is 12.5 Å². The van der Waals surface area contributed by atoms with Gasteiger partial charge in [0.2, 0.25) is 0 Å². The fourth-order valence-corrected chi connectivity index (χ4v) is 2.42. The molecule has 1 aliphatic heterocycles. The van der Waals surface area contributed by atoms with E-state index in [0.29, 0.717) is 5.88 Å². The molecule has 0 bridgehead atoms. The van der Waals surface area contributed by atoms with Gasteiger partial charge in [-0.1, -0.05) is 6.92 Å². The summed E-state index contributed by atoms with van der Waals surface area (Å²) in [4.78, 5) is 2.47. The van der Waals surface area contributed by atoms with Crippen molar-refractivity contribution in [2.24, 2.45) is 0 Å². The van der Waals surface area contributed by atoms with Gasteiger partial charge in [-0.3, -0.25) is 4.90 Å². The summed E-state index contributed by atoms with van der Waals surface area (Å²) < 4.78 is 5.51. The predicted molar refractivity (Wildman–Crippen MR) is 64.5 cm³/mol. The van der Waals surface area contributed by atoms with Crippen molar-refractivity contribution in [1.29, 1.82) is 0 Å². The summed E-state index contributed by atoms with van der Waals surface area (Å²) >= 11 is 7.79. The fourth-order valence-electron chi connectivity index (χ4n) is 1.61. The van der Waals surface area contributed by atoms with Crippen molar-refractivity contribution in [3.05, 3.63) is 0 Å². The molecule has 1 unspecified atom stereocenters. The predicted octanol–water partition coefficient (Wildman–Crippen LogP) is 2.07. The third-order valence-electron chi connectivity index (χ3n) is 2.36. The molecule has 1 atom stereocenters. The largest absolute Gasteiger partial charge is 0.374 e. The first-order valence-corrected chi connectivity index (χ1v) is 7.03. The van der Waals surface area contributed by atoms with Crippen molar-refractivity contribution in [3.63, 3.8) is 0 Å². The van der Waals surface area contributed by atoms with Crippen LogP contribution in [-0.4, -0.2) is 54.6 Å². The van der Waals surface area contributed by atoms with Gasteiger partial charge in [0.05, 0.1) is 12.7 Å². The smallest absolute Gasteiger partial charge is 0.0837 e. The van der Waals surface area contributed by atoms with E-state index in [-0.39, 0.29) is 6.10 Å². The van der Waals surface area contributed by atoms with Crippen LogP contribution in [0.3, 0.4) is 0 Å². The third-order valence-corrected chi connectivity index (χ3v) is 3.69. The van der Waals surface area contributed by atoms with Gasteiger partial charge in [0.15, 0.2) is 0 Å². The van der Waals surface area contributed by atoms with Crippen molar-refractivity contribution >= 4 is 23.4 Å². The van der Waals surface area contributed by atoms with E-state index in [9.17, 15) is 0 Å². The molecule has 0 spiro atoms. The van der Waals surface area contributed by atoms with Crippen LogP contribution in [0.2, 0.25) is 0 Å². The van der Waals surface area contributed by atoms with E-state index in [2.05, 4.69) is 11.8 Å². The number of morpholine rings is 1. The van der Waals surface area contributed by atoms with Crippen LogP contribution in [0.15, 0.2) is 0 Å². The lowest BCUT2D eigenvalue weighted by molar-refractivity contribution is -0.0161. The second kappa shape index (κ2) is 7.80. The van der Waals surface area contributed by atoms with E-state index in [1.165, 1.54) is 24.5 Å². The molecule has 1 fully saturated rings. The Morgan fingerprint density at radius 3 is 3.14 bits per heavy atom. The van der Waals surface area contributed by atoms with E-state index < -0.39 is 0 Å². The van der Waals surface area contributed by atoms with Crippen LogP contribution in [0, 0.1) is 0 Å². The minimum Gasteiger partial charge on any atom is -0.374 e. The lowest BCUT2D eigenvalue weighted by Gasteiger charge is -2.31. The summed E-state index contributed by atoms with van der Waals surface area (Å²) in [6, 6.07) is 0. The minimum absolute atomic E-state index is 0.254. The Morgan fingerprint density at radius 2 is 2.43 bits per heavy atom. The number of alkyl halides is 1. The van der Waals surface area contributed by atoms with Crippen LogP contribution in [-0.2, 0) is 4.74 Å². The van der Waals surface area contributed by atoms with Gasteiger partial charge in [0.25, 0.3) is 0 Å². The zero-order chi connectivity index (χ0) is 10.2. The summed E-state index contributed by atoms with van der Waals surface area (Å²) in [5, 5.41) is 0. The van der Waals surface area contributed by atoms with E-state index >= 15 is 0 Å². The lowest BCUT2D eigenvalue weighted by Crippen LogP contribution is -2.43. The molecule has 14 heavy (non-hydrogen) atoms. The van der Waals surface area contributed by atoms with E-state index in [4.69, 9.17) is 16.3 Å². The van der Waals surface area contributed by atoms with Crippen molar-refractivity contribution in [2.75, 3.05) is 43.6 Å². The Morgan fingerprint density at radius 1 is 1.57 bits per heavy atom. The first-order chi connectivity index (χ1) is 6.86. The Labute approximate surface area is 96.3 Å². The quantitative estimate of drug-likeness (QED) is 0.519. The molecule has 0 amide bonds. The van der Waals surface area contributed by atoms with Crippen molar-refractivity contribution < 1.29 is 4.74 Å². The highest BCUT2D eigenvalue weighted by atomic mass is 35.5. The molecule has 1 rings (SSSR count). The molecule has 84 valence electrons. The van der Waals surface area contributed by atoms with Crippen LogP contribution in [0.1, 0.15) is 13.3 Å². The molecular formula is C10H20ClNOS. The normalized spacial score (nSPS) is 24.0. The Hall–Kier alpha value is 0.560. The highest BCUT2D eigenvalue weighted by Crippen LogP contribution is 2.08. The van der Waals surface area contributed by atoms with Gasteiger partial charge < -0.3 is 4.74 Å². The second-order valence-corrected chi connectivity index (χ2v) is 5.20. The van der Waals surface area contributed by atoms with Crippen molar-refractivity contribution in [2.45, 2.75) is 19.4 Å². The number of rotatable bonds is 6. The zero-order valence-electron chi connectivity index (χ0n) is 8.88. The van der Waals surface area contributed by atoms with Gasteiger partial charge in [-0.05, 0) is 24.5 Å². The zero-order valence-corrected chi connectivity index (χ0v) is 10.4. The SMILES string of the molecule is CCSCCCN1CCOC(CCl)C1. The van der Waals surface area contributed by atoms with E-state index in [1.54, 1.807) is 0 Å². The van der Waals surface area contributed by atoms with Gasteiger partial charge in [-0.25, -0.2) is 0 Å². The molecule has 1 heterocycles. The van der Waals surface area contributed by atoms with Gasteiger partial charge in [0, 0.05) is 19.0 Å². The van der Waals surface area contributed by atoms with Crippen LogP contribution in [0.25, 0.3) is 0 Å². The number of halogens is 1. The summed E-state index contributed by atoms with van der Waals surface area (Å²) in [6.07, 6.45) is 1.54. The Balaban J connectivity index is 2.05. The average Bonchev–Trinajstić information content (AvgIpc) is 2.25. The van der Waals surface area contributed by atoms with Gasteiger partial charge in [-0.2, -0.15) is 11.8 Å². The molecule has 0 aromatic rings. The Kier molecular flexibility index (Phi) is 7.04. The number of ether oxygens (including phenoxy) is 1. The lowest BCUT2D eigenvalue weighted by atomic mass is 10.3. The number of nitrogens with zero attached hydrogens (tertiary/aromatic N) is 1. The Bertz CT molecular complexity index is 148. The fraction of sp³-hybridized carbons (Fsp3) is 1.00. The van der Waals surface area contributed by atoms with Crippen molar-refractivity contribution in [1.82, 2.24) is 4.90 Å². The standard InChI is InChI=1S/C10H20ClNOS/c1-2-14-7-3-4-12-5-6-13-10(8-11)9-12/h10H,2-9H2,1H3. The molecule has 0 saturated carbocycles. The molecule has 2 nitrogen and oxygen atoms in total. The monoisotopic (exact) mass is 237 g/mol. The van der Waals surface area contributed by atoms with Gasteiger partial charge in [-0.15, -0.1) is 11.6 Å². The second-order valence-electron chi connectivity index (χ2n) is 3.50. The van der Waals surface area contributed by atoms with Crippen LogP contribution in [0.4, 0.5) is 0 Å². The first-order valence-electron chi connectivity index (χ1n) is 5.34. The van der Waals surface area contributed by atoms with Crippen LogP contribution in [0.5, 0.6) is 0 Å². The summed E-state index contributed by atoms with van der Waals surface area (Å²) in [5.74, 6) is 3.13. The third kappa shape index (κ3) is 4.87. The molecule has 0 radical (unpaired) electrons.